The molecule has 0 unspecified atom stereocenters. The molecule has 0 spiro atoms. The SMILES string of the molecule is Cn1ncc2nc(-c3cnc(N4CCC(N)CC4)nc3-c3ccc(C#N)cc3)ncc21. The molecular weight excluding hydrogens is 390 g/mol. The number of benzene rings is 1. The van der Waals surface area contributed by atoms with Crippen molar-refractivity contribution in [3.8, 4) is 28.7 Å². The van der Waals surface area contributed by atoms with E-state index in [2.05, 4.69) is 31.0 Å². The van der Waals surface area contributed by atoms with E-state index in [1.54, 1.807) is 35.4 Å². The molecule has 9 heteroatoms. The van der Waals surface area contributed by atoms with E-state index in [1.165, 1.54) is 0 Å². The number of aromatic nitrogens is 6. The number of aryl methyl sites for hydroxylation is 1. The summed E-state index contributed by atoms with van der Waals surface area (Å²) in [4.78, 5) is 20.9. The van der Waals surface area contributed by atoms with Crippen molar-refractivity contribution in [2.45, 2.75) is 18.9 Å². The Morgan fingerprint density at radius 3 is 2.55 bits per heavy atom. The predicted octanol–water partition coefficient (Wildman–Crippen LogP) is 2.29. The zero-order chi connectivity index (χ0) is 21.4. The zero-order valence-corrected chi connectivity index (χ0v) is 17.1. The van der Waals surface area contributed by atoms with Crippen molar-refractivity contribution in [2.24, 2.45) is 12.8 Å². The van der Waals surface area contributed by atoms with Gasteiger partial charge < -0.3 is 10.6 Å². The first-order valence-electron chi connectivity index (χ1n) is 10.2. The summed E-state index contributed by atoms with van der Waals surface area (Å²) in [7, 11) is 1.86. The first-order valence-corrected chi connectivity index (χ1v) is 10.2. The number of piperidine rings is 1. The third-order valence-electron chi connectivity index (χ3n) is 5.63. The maximum atomic E-state index is 9.15. The fourth-order valence-electron chi connectivity index (χ4n) is 3.78. The molecule has 3 aromatic heterocycles. The molecule has 0 amide bonds. The minimum absolute atomic E-state index is 0.230. The number of nitrogens with two attached hydrogens (primary N) is 1. The van der Waals surface area contributed by atoms with E-state index in [-0.39, 0.29) is 6.04 Å². The topological polar surface area (TPSA) is 122 Å². The Morgan fingerprint density at radius 2 is 1.81 bits per heavy atom. The number of nitrogens with zero attached hydrogens (tertiary/aromatic N) is 8. The van der Waals surface area contributed by atoms with E-state index in [4.69, 9.17) is 16.0 Å². The van der Waals surface area contributed by atoms with Gasteiger partial charge in [0.05, 0.1) is 35.3 Å². The highest BCUT2D eigenvalue weighted by molar-refractivity contribution is 5.81. The summed E-state index contributed by atoms with van der Waals surface area (Å²) in [5.74, 6) is 1.20. The van der Waals surface area contributed by atoms with E-state index in [9.17, 15) is 0 Å². The lowest BCUT2D eigenvalue weighted by atomic mass is 10.0. The van der Waals surface area contributed by atoms with Crippen LogP contribution in [0.2, 0.25) is 0 Å². The Bertz CT molecular complexity index is 1280. The Morgan fingerprint density at radius 1 is 1.03 bits per heavy atom. The van der Waals surface area contributed by atoms with Crippen molar-refractivity contribution in [3.05, 3.63) is 48.4 Å². The second-order valence-electron chi connectivity index (χ2n) is 7.68. The van der Waals surface area contributed by atoms with E-state index in [1.807, 2.05) is 19.2 Å². The van der Waals surface area contributed by atoms with Crippen molar-refractivity contribution in [2.75, 3.05) is 18.0 Å². The summed E-state index contributed by atoms with van der Waals surface area (Å²) in [5.41, 5.74) is 10.6. The molecule has 2 N–H and O–H groups in total. The van der Waals surface area contributed by atoms with E-state index in [0.717, 1.165) is 53.8 Å². The third kappa shape index (κ3) is 3.58. The molecule has 1 aromatic carbocycles. The Hall–Kier alpha value is -3.90. The monoisotopic (exact) mass is 411 g/mol. The van der Waals surface area contributed by atoms with Crippen LogP contribution in [0.4, 0.5) is 5.95 Å². The highest BCUT2D eigenvalue weighted by Gasteiger charge is 2.21. The Balaban J connectivity index is 1.62. The van der Waals surface area contributed by atoms with Crippen LogP contribution in [0.5, 0.6) is 0 Å². The number of rotatable bonds is 3. The number of fused-ring (bicyclic) bond motifs is 1. The molecule has 154 valence electrons. The molecule has 4 aromatic rings. The molecule has 1 aliphatic rings. The van der Waals surface area contributed by atoms with Crippen LogP contribution in [0.3, 0.4) is 0 Å². The molecule has 1 aliphatic heterocycles. The number of nitriles is 1. The van der Waals surface area contributed by atoms with Gasteiger partial charge in [-0.05, 0) is 25.0 Å². The first-order chi connectivity index (χ1) is 15.1. The van der Waals surface area contributed by atoms with Gasteiger partial charge in [0.2, 0.25) is 5.95 Å². The molecule has 9 nitrogen and oxygen atoms in total. The van der Waals surface area contributed by atoms with Crippen molar-refractivity contribution < 1.29 is 0 Å². The summed E-state index contributed by atoms with van der Waals surface area (Å²) < 4.78 is 1.74. The normalized spacial score (nSPS) is 14.7. The minimum Gasteiger partial charge on any atom is -0.341 e. The van der Waals surface area contributed by atoms with E-state index >= 15 is 0 Å². The summed E-state index contributed by atoms with van der Waals surface area (Å²) in [6, 6.07) is 9.74. The second kappa shape index (κ2) is 7.74. The van der Waals surface area contributed by atoms with Crippen LogP contribution in [0.25, 0.3) is 33.7 Å². The fourth-order valence-corrected chi connectivity index (χ4v) is 3.78. The van der Waals surface area contributed by atoms with Crippen molar-refractivity contribution in [1.82, 2.24) is 29.7 Å². The smallest absolute Gasteiger partial charge is 0.225 e. The number of anilines is 1. The zero-order valence-electron chi connectivity index (χ0n) is 17.1. The van der Waals surface area contributed by atoms with Gasteiger partial charge in [-0.3, -0.25) is 4.68 Å². The highest BCUT2D eigenvalue weighted by atomic mass is 15.3. The van der Waals surface area contributed by atoms with Crippen LogP contribution in [-0.2, 0) is 7.05 Å². The van der Waals surface area contributed by atoms with Crippen molar-refractivity contribution >= 4 is 17.0 Å². The van der Waals surface area contributed by atoms with Gasteiger partial charge in [0, 0.05) is 37.9 Å². The average Bonchev–Trinajstić information content (AvgIpc) is 3.19. The number of hydrogen-bond donors (Lipinski definition) is 1. The molecule has 0 aliphatic carbocycles. The fraction of sp³-hybridized carbons (Fsp3) is 0.273. The largest absolute Gasteiger partial charge is 0.341 e. The molecule has 0 saturated carbocycles. The summed E-state index contributed by atoms with van der Waals surface area (Å²) in [6.45, 7) is 1.65. The Kier molecular flexibility index (Phi) is 4.76. The van der Waals surface area contributed by atoms with Gasteiger partial charge in [-0.25, -0.2) is 19.9 Å². The van der Waals surface area contributed by atoms with Crippen LogP contribution in [-0.4, -0.2) is 48.8 Å². The molecule has 5 rings (SSSR count). The highest BCUT2D eigenvalue weighted by Crippen LogP contribution is 2.31. The van der Waals surface area contributed by atoms with Gasteiger partial charge in [-0.1, -0.05) is 12.1 Å². The van der Waals surface area contributed by atoms with Gasteiger partial charge in [-0.15, -0.1) is 0 Å². The predicted molar refractivity (Wildman–Crippen MR) is 117 cm³/mol. The van der Waals surface area contributed by atoms with Crippen molar-refractivity contribution in [3.63, 3.8) is 0 Å². The molecule has 4 heterocycles. The molecule has 31 heavy (non-hydrogen) atoms. The standard InChI is InChI=1S/C22H21N9/c1-30-19-13-25-21(28-18(19)12-27-30)17-11-26-22(31-8-6-16(24)7-9-31)29-20(17)15-4-2-14(10-23)3-5-15/h2-5,11-13,16H,6-9,24H2,1H3. The first kappa shape index (κ1) is 19.1. The molecular formula is C22H21N9. The van der Waals surface area contributed by atoms with Gasteiger partial charge in [-0.2, -0.15) is 10.4 Å². The molecule has 1 fully saturated rings. The maximum absolute atomic E-state index is 9.15. The lowest BCUT2D eigenvalue weighted by Crippen LogP contribution is -2.40. The van der Waals surface area contributed by atoms with Crippen LogP contribution < -0.4 is 10.6 Å². The summed E-state index contributed by atoms with van der Waals surface area (Å²) in [6.07, 6.45) is 7.08. The molecule has 0 bridgehead atoms. The van der Waals surface area contributed by atoms with E-state index < -0.39 is 0 Å². The van der Waals surface area contributed by atoms with Crippen molar-refractivity contribution in [1.29, 1.82) is 5.26 Å². The average molecular weight is 411 g/mol. The van der Waals surface area contributed by atoms with Gasteiger partial charge in [0.25, 0.3) is 0 Å². The lowest BCUT2D eigenvalue weighted by Gasteiger charge is -2.30. The molecule has 1 saturated heterocycles. The van der Waals surface area contributed by atoms with Crippen LogP contribution in [0.15, 0.2) is 42.9 Å². The maximum Gasteiger partial charge on any atom is 0.225 e. The van der Waals surface area contributed by atoms with Crippen LogP contribution >= 0.6 is 0 Å². The minimum atomic E-state index is 0.230. The molecule has 0 atom stereocenters. The molecule has 0 radical (unpaired) electrons. The van der Waals surface area contributed by atoms with Crippen LogP contribution in [0.1, 0.15) is 18.4 Å². The van der Waals surface area contributed by atoms with E-state index in [0.29, 0.717) is 17.3 Å². The van der Waals surface area contributed by atoms with Gasteiger partial charge in [0.15, 0.2) is 5.82 Å². The quantitative estimate of drug-likeness (QED) is 0.545. The van der Waals surface area contributed by atoms with Crippen LogP contribution in [0, 0.1) is 11.3 Å². The second-order valence-corrected chi connectivity index (χ2v) is 7.68. The van der Waals surface area contributed by atoms with Gasteiger partial charge in [0.1, 0.15) is 11.0 Å². The van der Waals surface area contributed by atoms with Gasteiger partial charge >= 0.3 is 0 Å². The lowest BCUT2D eigenvalue weighted by molar-refractivity contribution is 0.495. The number of hydrogen-bond acceptors (Lipinski definition) is 8. The third-order valence-corrected chi connectivity index (χ3v) is 5.63. The summed E-state index contributed by atoms with van der Waals surface area (Å²) >= 11 is 0. The Labute approximate surface area is 179 Å². The summed E-state index contributed by atoms with van der Waals surface area (Å²) in [5, 5.41) is 13.4.